The Morgan fingerprint density at radius 1 is 1.29 bits per heavy atom. The number of hydrogen-bond donors (Lipinski definition) is 2. The van der Waals surface area contributed by atoms with Gasteiger partial charge in [0, 0.05) is 23.4 Å². The SMILES string of the molecule is COC(=O)c1cc(O)n2nc(-c3ccc(N)cc3)cc2n1. The molecule has 106 valence electrons. The lowest BCUT2D eigenvalue weighted by atomic mass is 10.1. The normalized spacial score (nSPS) is 10.7. The molecule has 3 rings (SSSR count). The second kappa shape index (κ2) is 4.78. The molecular formula is C14H12N4O3. The fourth-order valence-corrected chi connectivity index (χ4v) is 1.96. The summed E-state index contributed by atoms with van der Waals surface area (Å²) in [6.45, 7) is 0. The second-order valence-corrected chi connectivity index (χ2v) is 4.41. The number of nitrogen functional groups attached to an aromatic ring is 1. The number of esters is 1. The largest absolute Gasteiger partial charge is 0.493 e. The van der Waals surface area contributed by atoms with Crippen LogP contribution in [-0.2, 0) is 4.74 Å². The number of nitrogens with zero attached hydrogens (tertiary/aromatic N) is 3. The molecule has 1 aromatic carbocycles. The Morgan fingerprint density at radius 3 is 2.67 bits per heavy atom. The molecule has 0 aliphatic rings. The van der Waals surface area contributed by atoms with E-state index in [4.69, 9.17) is 5.73 Å². The van der Waals surface area contributed by atoms with Gasteiger partial charge in [0.2, 0.25) is 5.88 Å². The van der Waals surface area contributed by atoms with Crippen LogP contribution >= 0.6 is 0 Å². The third kappa shape index (κ3) is 2.25. The third-order valence-electron chi connectivity index (χ3n) is 3.01. The lowest BCUT2D eigenvalue weighted by Crippen LogP contribution is -2.06. The van der Waals surface area contributed by atoms with Crippen molar-refractivity contribution in [2.45, 2.75) is 0 Å². The Labute approximate surface area is 119 Å². The van der Waals surface area contributed by atoms with Crippen molar-refractivity contribution < 1.29 is 14.6 Å². The molecule has 0 aliphatic carbocycles. The third-order valence-corrected chi connectivity index (χ3v) is 3.01. The van der Waals surface area contributed by atoms with Crippen molar-refractivity contribution in [1.29, 1.82) is 0 Å². The van der Waals surface area contributed by atoms with Gasteiger partial charge in [0.05, 0.1) is 12.8 Å². The predicted molar refractivity (Wildman–Crippen MR) is 75.8 cm³/mol. The van der Waals surface area contributed by atoms with Crippen LogP contribution in [0.3, 0.4) is 0 Å². The van der Waals surface area contributed by atoms with E-state index in [-0.39, 0.29) is 11.6 Å². The zero-order valence-corrected chi connectivity index (χ0v) is 11.1. The lowest BCUT2D eigenvalue weighted by molar-refractivity contribution is 0.0593. The van der Waals surface area contributed by atoms with Gasteiger partial charge in [-0.3, -0.25) is 0 Å². The summed E-state index contributed by atoms with van der Waals surface area (Å²) in [6, 6.07) is 10.0. The maximum Gasteiger partial charge on any atom is 0.356 e. The van der Waals surface area contributed by atoms with Crippen molar-refractivity contribution in [2.24, 2.45) is 0 Å². The van der Waals surface area contributed by atoms with Gasteiger partial charge in [-0.05, 0) is 12.1 Å². The summed E-state index contributed by atoms with van der Waals surface area (Å²) in [5, 5.41) is 14.2. The molecule has 2 heterocycles. The zero-order chi connectivity index (χ0) is 15.0. The summed E-state index contributed by atoms with van der Waals surface area (Å²) < 4.78 is 5.84. The molecule has 0 amide bonds. The van der Waals surface area contributed by atoms with Crippen molar-refractivity contribution in [3.8, 4) is 17.1 Å². The number of aromatic nitrogens is 3. The molecule has 0 atom stereocenters. The van der Waals surface area contributed by atoms with E-state index in [0.29, 0.717) is 17.0 Å². The number of carbonyl (C=O) groups is 1. The average Bonchev–Trinajstić information content (AvgIpc) is 2.91. The van der Waals surface area contributed by atoms with Crippen molar-refractivity contribution in [2.75, 3.05) is 12.8 Å². The van der Waals surface area contributed by atoms with Gasteiger partial charge in [-0.2, -0.15) is 9.61 Å². The molecule has 0 fully saturated rings. The highest BCUT2D eigenvalue weighted by atomic mass is 16.5. The van der Waals surface area contributed by atoms with Gasteiger partial charge in [0.25, 0.3) is 0 Å². The van der Waals surface area contributed by atoms with Gasteiger partial charge in [0.1, 0.15) is 0 Å². The van der Waals surface area contributed by atoms with E-state index in [0.717, 1.165) is 5.56 Å². The Bertz CT molecular complexity index is 824. The number of nitrogens with two attached hydrogens (primary N) is 1. The van der Waals surface area contributed by atoms with Crippen molar-refractivity contribution in [3.63, 3.8) is 0 Å². The Balaban J connectivity index is 2.13. The van der Waals surface area contributed by atoms with E-state index in [1.54, 1.807) is 18.2 Å². The smallest absolute Gasteiger partial charge is 0.356 e. The number of aromatic hydroxyl groups is 1. The van der Waals surface area contributed by atoms with Gasteiger partial charge < -0.3 is 15.6 Å². The number of benzene rings is 1. The van der Waals surface area contributed by atoms with Crippen LogP contribution in [0.15, 0.2) is 36.4 Å². The summed E-state index contributed by atoms with van der Waals surface area (Å²) in [5.74, 6) is -0.815. The van der Waals surface area contributed by atoms with Gasteiger partial charge in [-0.25, -0.2) is 9.78 Å². The van der Waals surface area contributed by atoms with Crippen molar-refractivity contribution >= 4 is 17.3 Å². The van der Waals surface area contributed by atoms with E-state index in [1.165, 1.54) is 17.7 Å². The van der Waals surface area contributed by atoms with Crippen LogP contribution in [0.25, 0.3) is 16.9 Å². The monoisotopic (exact) mass is 284 g/mol. The Morgan fingerprint density at radius 2 is 2.00 bits per heavy atom. The molecule has 3 aromatic rings. The molecule has 21 heavy (non-hydrogen) atoms. The van der Waals surface area contributed by atoms with Crippen LogP contribution in [-0.4, -0.2) is 32.8 Å². The number of ether oxygens (including phenoxy) is 1. The maximum absolute atomic E-state index is 11.5. The van der Waals surface area contributed by atoms with Crippen LogP contribution in [0.4, 0.5) is 5.69 Å². The maximum atomic E-state index is 11.5. The Hall–Kier alpha value is -3.09. The molecule has 0 saturated heterocycles. The van der Waals surface area contributed by atoms with Crippen LogP contribution in [0.5, 0.6) is 5.88 Å². The second-order valence-electron chi connectivity index (χ2n) is 4.41. The minimum absolute atomic E-state index is 0.0197. The fourth-order valence-electron chi connectivity index (χ4n) is 1.96. The number of fused-ring (bicyclic) bond motifs is 1. The first-order valence-corrected chi connectivity index (χ1v) is 6.12. The molecule has 0 radical (unpaired) electrons. The van der Waals surface area contributed by atoms with Crippen molar-refractivity contribution in [1.82, 2.24) is 14.6 Å². The quantitative estimate of drug-likeness (QED) is 0.545. The van der Waals surface area contributed by atoms with Gasteiger partial charge in [-0.15, -0.1) is 0 Å². The number of methoxy groups -OCH3 is 1. The van der Waals surface area contributed by atoms with Crippen LogP contribution in [0, 0.1) is 0 Å². The zero-order valence-electron chi connectivity index (χ0n) is 11.1. The highest BCUT2D eigenvalue weighted by molar-refractivity contribution is 5.88. The van der Waals surface area contributed by atoms with Crippen molar-refractivity contribution in [3.05, 3.63) is 42.1 Å². The molecule has 2 aromatic heterocycles. The first-order chi connectivity index (χ1) is 10.1. The first kappa shape index (κ1) is 12.9. The topological polar surface area (TPSA) is 103 Å². The number of hydrogen-bond acceptors (Lipinski definition) is 6. The molecule has 3 N–H and O–H groups in total. The average molecular weight is 284 g/mol. The summed E-state index contributed by atoms with van der Waals surface area (Å²) >= 11 is 0. The molecular weight excluding hydrogens is 272 g/mol. The highest BCUT2D eigenvalue weighted by Gasteiger charge is 2.14. The van der Waals surface area contributed by atoms with Gasteiger partial charge in [0.15, 0.2) is 11.3 Å². The Kier molecular flexibility index (Phi) is 2.94. The number of carbonyl (C=O) groups excluding carboxylic acids is 1. The fraction of sp³-hybridized carbons (Fsp3) is 0.0714. The summed E-state index contributed by atoms with van der Waals surface area (Å²) in [7, 11) is 1.25. The summed E-state index contributed by atoms with van der Waals surface area (Å²) in [5.41, 5.74) is 8.10. The first-order valence-electron chi connectivity index (χ1n) is 6.12. The minimum atomic E-state index is -0.622. The summed E-state index contributed by atoms with van der Waals surface area (Å²) in [6.07, 6.45) is 0. The predicted octanol–water partition coefficient (Wildman–Crippen LogP) is 1.47. The highest BCUT2D eigenvalue weighted by Crippen LogP contribution is 2.23. The van der Waals surface area contributed by atoms with Gasteiger partial charge >= 0.3 is 5.97 Å². The molecule has 7 nitrogen and oxygen atoms in total. The van der Waals surface area contributed by atoms with E-state index in [1.807, 2.05) is 12.1 Å². The van der Waals surface area contributed by atoms with Crippen LogP contribution < -0.4 is 5.73 Å². The molecule has 7 heteroatoms. The lowest BCUT2D eigenvalue weighted by Gasteiger charge is -2.01. The van der Waals surface area contributed by atoms with E-state index in [2.05, 4.69) is 14.8 Å². The minimum Gasteiger partial charge on any atom is -0.493 e. The molecule has 0 saturated carbocycles. The van der Waals surface area contributed by atoms with E-state index < -0.39 is 5.97 Å². The van der Waals surface area contributed by atoms with E-state index in [9.17, 15) is 9.90 Å². The van der Waals surface area contributed by atoms with Crippen LogP contribution in [0.2, 0.25) is 0 Å². The standard InChI is InChI=1S/C14H12N4O3/c1-21-14(20)11-7-13(19)18-12(16-11)6-10(17-18)8-2-4-9(15)5-3-8/h2-7,19H,15H2,1H3. The van der Waals surface area contributed by atoms with Crippen LogP contribution in [0.1, 0.15) is 10.5 Å². The molecule has 0 spiro atoms. The van der Waals surface area contributed by atoms with E-state index >= 15 is 0 Å². The number of anilines is 1. The molecule has 0 aliphatic heterocycles. The van der Waals surface area contributed by atoms with Gasteiger partial charge in [-0.1, -0.05) is 12.1 Å². The summed E-state index contributed by atoms with van der Waals surface area (Å²) in [4.78, 5) is 15.6. The molecule has 0 unspecified atom stereocenters. The number of rotatable bonds is 2. The molecule has 0 bridgehead atoms.